The fourth-order valence-corrected chi connectivity index (χ4v) is 2.70. The molecule has 112 valence electrons. The summed E-state index contributed by atoms with van der Waals surface area (Å²) < 4.78 is 19.2. The summed E-state index contributed by atoms with van der Waals surface area (Å²) in [6.45, 7) is 0.612. The number of rotatable bonds is 4. The maximum Gasteiger partial charge on any atom is 0.304 e. The van der Waals surface area contributed by atoms with Gasteiger partial charge in [0.25, 0.3) is 5.91 Å². The second-order valence-electron chi connectivity index (χ2n) is 5.46. The van der Waals surface area contributed by atoms with Gasteiger partial charge in [0.05, 0.1) is 17.1 Å². The van der Waals surface area contributed by atoms with E-state index in [0.717, 1.165) is 31.4 Å². The number of ether oxygens (including phenoxy) is 1. The standard InChI is InChI=1S/C14H15FN2O4/c15-10-7-9(3-4-12(10)17(19)20)14(18)16-11-5-6-21-13(11)8-1-2-8/h3-4,7-8,11,13H,1-2,5-6H2,(H,16,18). The van der Waals surface area contributed by atoms with Gasteiger partial charge in [0.1, 0.15) is 0 Å². The van der Waals surface area contributed by atoms with Gasteiger partial charge in [-0.25, -0.2) is 0 Å². The minimum Gasteiger partial charge on any atom is -0.376 e. The molecule has 1 aliphatic heterocycles. The SMILES string of the molecule is O=C(NC1CCOC1C1CC1)c1ccc([N+](=O)[O-])c(F)c1. The Morgan fingerprint density at radius 3 is 2.76 bits per heavy atom. The van der Waals surface area contributed by atoms with Gasteiger partial charge in [-0.15, -0.1) is 0 Å². The van der Waals surface area contributed by atoms with Crippen LogP contribution in [0.2, 0.25) is 0 Å². The number of benzene rings is 1. The van der Waals surface area contributed by atoms with Gasteiger partial charge in [-0.05, 0) is 37.3 Å². The Bertz CT molecular complexity index is 588. The van der Waals surface area contributed by atoms with E-state index >= 15 is 0 Å². The summed E-state index contributed by atoms with van der Waals surface area (Å²) in [6, 6.07) is 3.10. The first-order valence-corrected chi connectivity index (χ1v) is 6.92. The summed E-state index contributed by atoms with van der Waals surface area (Å²) in [5.41, 5.74) is -0.550. The predicted molar refractivity (Wildman–Crippen MR) is 71.4 cm³/mol. The first-order valence-electron chi connectivity index (χ1n) is 6.92. The zero-order chi connectivity index (χ0) is 15.0. The summed E-state index contributed by atoms with van der Waals surface area (Å²) in [4.78, 5) is 21.9. The van der Waals surface area contributed by atoms with Crippen LogP contribution in [0, 0.1) is 21.8 Å². The summed E-state index contributed by atoms with van der Waals surface area (Å²) in [5, 5.41) is 13.4. The molecule has 2 aliphatic rings. The molecule has 1 saturated carbocycles. The highest BCUT2D eigenvalue weighted by atomic mass is 19.1. The van der Waals surface area contributed by atoms with Crippen molar-refractivity contribution in [2.75, 3.05) is 6.61 Å². The van der Waals surface area contributed by atoms with Crippen LogP contribution in [0.5, 0.6) is 0 Å². The third-order valence-corrected chi connectivity index (χ3v) is 3.95. The van der Waals surface area contributed by atoms with Crippen molar-refractivity contribution in [1.82, 2.24) is 5.32 Å². The van der Waals surface area contributed by atoms with Gasteiger partial charge < -0.3 is 10.1 Å². The third kappa shape index (κ3) is 2.87. The number of nitro groups is 1. The van der Waals surface area contributed by atoms with Crippen molar-refractivity contribution in [1.29, 1.82) is 0 Å². The molecular weight excluding hydrogens is 279 g/mol. The van der Waals surface area contributed by atoms with E-state index in [2.05, 4.69) is 5.32 Å². The van der Waals surface area contributed by atoms with Gasteiger partial charge >= 0.3 is 5.69 Å². The highest BCUT2D eigenvalue weighted by Crippen LogP contribution is 2.38. The lowest BCUT2D eigenvalue weighted by Crippen LogP contribution is -2.41. The Labute approximate surface area is 120 Å². The highest BCUT2D eigenvalue weighted by molar-refractivity contribution is 5.94. The topological polar surface area (TPSA) is 81.5 Å². The number of amides is 1. The molecule has 2 unspecified atom stereocenters. The molecule has 1 amide bonds. The van der Waals surface area contributed by atoms with E-state index < -0.39 is 22.3 Å². The van der Waals surface area contributed by atoms with Crippen molar-refractivity contribution in [3.63, 3.8) is 0 Å². The lowest BCUT2D eigenvalue weighted by Gasteiger charge is -2.19. The molecule has 2 atom stereocenters. The van der Waals surface area contributed by atoms with Gasteiger partial charge in [-0.3, -0.25) is 14.9 Å². The average Bonchev–Trinajstić information content (AvgIpc) is 3.18. The second-order valence-corrected chi connectivity index (χ2v) is 5.46. The molecule has 0 spiro atoms. The molecule has 0 bridgehead atoms. The van der Waals surface area contributed by atoms with Crippen LogP contribution < -0.4 is 5.32 Å². The molecule has 1 N–H and O–H groups in total. The van der Waals surface area contributed by atoms with Crippen molar-refractivity contribution < 1.29 is 18.8 Å². The molecule has 6 nitrogen and oxygen atoms in total. The maximum atomic E-state index is 13.5. The summed E-state index contributed by atoms with van der Waals surface area (Å²) in [6.07, 6.45) is 3.01. The lowest BCUT2D eigenvalue weighted by atomic mass is 10.1. The van der Waals surface area contributed by atoms with Gasteiger partial charge in [0.15, 0.2) is 0 Å². The fourth-order valence-electron chi connectivity index (χ4n) is 2.70. The predicted octanol–water partition coefficient (Wildman–Crippen LogP) is 2.03. The molecule has 2 fully saturated rings. The molecule has 21 heavy (non-hydrogen) atoms. The van der Waals surface area contributed by atoms with Crippen LogP contribution in [-0.4, -0.2) is 29.6 Å². The second kappa shape index (κ2) is 5.40. The molecule has 7 heteroatoms. The third-order valence-electron chi connectivity index (χ3n) is 3.95. The van der Waals surface area contributed by atoms with Crippen LogP contribution in [0.1, 0.15) is 29.6 Å². The quantitative estimate of drug-likeness (QED) is 0.680. The molecule has 1 saturated heterocycles. The van der Waals surface area contributed by atoms with Crippen molar-refractivity contribution in [2.24, 2.45) is 5.92 Å². The molecule has 1 aliphatic carbocycles. The van der Waals surface area contributed by atoms with Crippen molar-refractivity contribution in [3.05, 3.63) is 39.7 Å². The normalized spacial score (nSPS) is 24.8. The van der Waals surface area contributed by atoms with Crippen molar-refractivity contribution >= 4 is 11.6 Å². The highest BCUT2D eigenvalue weighted by Gasteiger charge is 2.41. The monoisotopic (exact) mass is 294 g/mol. The molecule has 3 rings (SSSR count). The van der Waals surface area contributed by atoms with Gasteiger partial charge in [0, 0.05) is 18.2 Å². The maximum absolute atomic E-state index is 13.5. The number of carbonyl (C=O) groups excluding carboxylic acids is 1. The Morgan fingerprint density at radius 1 is 1.38 bits per heavy atom. The number of halogens is 1. The molecule has 1 aromatic carbocycles. The van der Waals surface area contributed by atoms with E-state index in [1.807, 2.05) is 0 Å². The number of nitro benzene ring substituents is 1. The van der Waals surface area contributed by atoms with Crippen LogP contribution in [-0.2, 0) is 4.74 Å². The summed E-state index contributed by atoms with van der Waals surface area (Å²) >= 11 is 0. The lowest BCUT2D eigenvalue weighted by molar-refractivity contribution is -0.387. The van der Waals surface area contributed by atoms with E-state index in [1.165, 1.54) is 6.07 Å². The molecule has 1 heterocycles. The fraction of sp³-hybridized carbons (Fsp3) is 0.500. The zero-order valence-electron chi connectivity index (χ0n) is 11.3. The average molecular weight is 294 g/mol. The number of nitrogens with zero attached hydrogens (tertiary/aromatic N) is 1. The van der Waals surface area contributed by atoms with E-state index in [0.29, 0.717) is 12.5 Å². The van der Waals surface area contributed by atoms with Gasteiger partial charge in [-0.2, -0.15) is 4.39 Å². The van der Waals surface area contributed by atoms with E-state index in [4.69, 9.17) is 4.74 Å². The van der Waals surface area contributed by atoms with E-state index in [-0.39, 0.29) is 17.7 Å². The molecular formula is C14H15FN2O4. The van der Waals surface area contributed by atoms with Crippen LogP contribution in [0.4, 0.5) is 10.1 Å². The molecule has 1 aromatic rings. The Kier molecular flexibility index (Phi) is 3.59. The smallest absolute Gasteiger partial charge is 0.304 e. The Balaban J connectivity index is 1.70. The van der Waals surface area contributed by atoms with Gasteiger partial charge in [0.2, 0.25) is 5.82 Å². The first-order chi connectivity index (χ1) is 10.1. The van der Waals surface area contributed by atoms with Crippen LogP contribution in [0.15, 0.2) is 18.2 Å². The molecule has 0 radical (unpaired) electrons. The summed E-state index contributed by atoms with van der Waals surface area (Å²) in [5.74, 6) is -0.926. The zero-order valence-corrected chi connectivity index (χ0v) is 11.3. The Hall–Kier alpha value is -2.02. The summed E-state index contributed by atoms with van der Waals surface area (Å²) in [7, 11) is 0. The van der Waals surface area contributed by atoms with Gasteiger partial charge in [-0.1, -0.05) is 0 Å². The number of nitrogens with one attached hydrogen (secondary N) is 1. The number of carbonyl (C=O) groups is 1. The molecule has 0 aromatic heterocycles. The largest absolute Gasteiger partial charge is 0.376 e. The van der Waals surface area contributed by atoms with Crippen molar-refractivity contribution in [2.45, 2.75) is 31.4 Å². The van der Waals surface area contributed by atoms with Crippen LogP contribution >= 0.6 is 0 Å². The minimum absolute atomic E-state index is 0.0387. The first kappa shape index (κ1) is 13.9. The van der Waals surface area contributed by atoms with Crippen LogP contribution in [0.25, 0.3) is 0 Å². The van der Waals surface area contributed by atoms with E-state index in [1.54, 1.807) is 0 Å². The number of hydrogen-bond donors (Lipinski definition) is 1. The minimum atomic E-state index is -1.01. The van der Waals surface area contributed by atoms with Crippen LogP contribution in [0.3, 0.4) is 0 Å². The van der Waals surface area contributed by atoms with Crippen molar-refractivity contribution in [3.8, 4) is 0 Å². The number of hydrogen-bond acceptors (Lipinski definition) is 4. The van der Waals surface area contributed by atoms with E-state index in [9.17, 15) is 19.3 Å². The Morgan fingerprint density at radius 2 is 2.14 bits per heavy atom.